The van der Waals surface area contributed by atoms with Crippen molar-refractivity contribution in [3.05, 3.63) is 23.2 Å². The second-order valence-corrected chi connectivity index (χ2v) is 2.81. The Bertz CT molecular complexity index is 514. The Hall–Kier alpha value is -2.47. The standard InChI is InChI=1S/C10H7FN4O/c1-6-9(11)7(14-4-12)3-8(16-2)10(6)15-5-13/h3H,1-2H3. The van der Waals surface area contributed by atoms with Crippen LogP contribution in [0, 0.1) is 22.9 Å². The van der Waals surface area contributed by atoms with E-state index >= 15 is 0 Å². The maximum atomic E-state index is 13.6. The van der Waals surface area contributed by atoms with Gasteiger partial charge in [-0.2, -0.15) is 20.5 Å². The van der Waals surface area contributed by atoms with Gasteiger partial charge in [0, 0.05) is 11.6 Å². The molecule has 5 nitrogen and oxygen atoms in total. The predicted octanol–water partition coefficient (Wildman–Crippen LogP) is 1.62. The molecule has 0 saturated carbocycles. The maximum absolute atomic E-state index is 13.6. The van der Waals surface area contributed by atoms with Crippen LogP contribution in [0.15, 0.2) is 33.2 Å². The van der Waals surface area contributed by atoms with Crippen LogP contribution < -0.4 is 0 Å². The first-order valence-electron chi connectivity index (χ1n) is 4.22. The van der Waals surface area contributed by atoms with Gasteiger partial charge in [0.05, 0.1) is 7.11 Å². The number of aliphatic imine (C=N–C) groups is 2. The lowest BCUT2D eigenvalue weighted by Gasteiger charge is -2.15. The molecule has 1 aliphatic rings. The summed E-state index contributed by atoms with van der Waals surface area (Å²) in [6, 6.07) is 0. The zero-order valence-corrected chi connectivity index (χ0v) is 8.65. The van der Waals surface area contributed by atoms with Crippen LogP contribution in [0.5, 0.6) is 0 Å². The fraction of sp³-hybridized carbons (Fsp3) is 0.200. The lowest BCUT2D eigenvalue weighted by Crippen LogP contribution is -2.17. The normalized spacial score (nSPS) is 20.4. The molecular formula is C10H7FN4O. The molecule has 0 unspecified atom stereocenters. The largest absolute Gasteiger partial charge is 0.494 e. The summed E-state index contributed by atoms with van der Waals surface area (Å²) in [7, 11) is 1.36. The lowest BCUT2D eigenvalue weighted by molar-refractivity contribution is 0.315. The Labute approximate surface area is 91.5 Å². The van der Waals surface area contributed by atoms with Gasteiger partial charge >= 0.3 is 0 Å². The third-order valence-corrected chi connectivity index (χ3v) is 1.96. The molecule has 16 heavy (non-hydrogen) atoms. The van der Waals surface area contributed by atoms with Crippen molar-refractivity contribution >= 4 is 11.4 Å². The summed E-state index contributed by atoms with van der Waals surface area (Å²) in [6.07, 6.45) is 4.27. The third-order valence-electron chi connectivity index (χ3n) is 1.96. The highest BCUT2D eigenvalue weighted by Crippen LogP contribution is 2.22. The van der Waals surface area contributed by atoms with Gasteiger partial charge in [0.25, 0.3) is 0 Å². The van der Waals surface area contributed by atoms with E-state index in [4.69, 9.17) is 15.3 Å². The van der Waals surface area contributed by atoms with Crippen molar-refractivity contribution < 1.29 is 9.13 Å². The number of nitrogens with zero attached hydrogens (tertiary/aromatic N) is 4. The predicted molar refractivity (Wildman–Crippen MR) is 55.0 cm³/mol. The van der Waals surface area contributed by atoms with Gasteiger partial charge in [-0.15, -0.1) is 0 Å². The average Bonchev–Trinajstić information content (AvgIpc) is 2.29. The number of nitriles is 2. The first-order valence-corrected chi connectivity index (χ1v) is 4.22. The van der Waals surface area contributed by atoms with Crippen molar-refractivity contribution in [3.8, 4) is 12.4 Å². The van der Waals surface area contributed by atoms with Crippen molar-refractivity contribution in [3.63, 3.8) is 0 Å². The van der Waals surface area contributed by atoms with Gasteiger partial charge in [0.1, 0.15) is 17.2 Å². The second kappa shape index (κ2) is 4.85. The van der Waals surface area contributed by atoms with Gasteiger partial charge in [0.2, 0.25) is 12.4 Å². The Morgan fingerprint density at radius 1 is 1.31 bits per heavy atom. The van der Waals surface area contributed by atoms with Crippen LogP contribution >= 0.6 is 0 Å². The highest BCUT2D eigenvalue weighted by Gasteiger charge is 2.24. The van der Waals surface area contributed by atoms with E-state index in [2.05, 4.69) is 9.98 Å². The molecule has 80 valence electrons. The third kappa shape index (κ3) is 1.96. The highest BCUT2D eigenvalue weighted by molar-refractivity contribution is 6.24. The monoisotopic (exact) mass is 218 g/mol. The van der Waals surface area contributed by atoms with Crippen molar-refractivity contribution in [1.29, 1.82) is 10.5 Å². The van der Waals surface area contributed by atoms with E-state index < -0.39 is 5.83 Å². The molecule has 0 aromatic heterocycles. The minimum atomic E-state index is -0.684. The average molecular weight is 218 g/mol. The van der Waals surface area contributed by atoms with Crippen LogP contribution in [0.4, 0.5) is 4.39 Å². The number of hydrogen-bond donors (Lipinski definition) is 0. The minimum absolute atomic E-state index is 0.111. The number of allylic oxidation sites excluding steroid dienone is 3. The summed E-state index contributed by atoms with van der Waals surface area (Å²) in [6.45, 7) is 1.43. The van der Waals surface area contributed by atoms with Crippen LogP contribution in [-0.4, -0.2) is 18.5 Å². The van der Waals surface area contributed by atoms with Crippen LogP contribution in [0.3, 0.4) is 0 Å². The van der Waals surface area contributed by atoms with Gasteiger partial charge in [-0.25, -0.2) is 4.39 Å². The molecule has 0 saturated heterocycles. The molecule has 0 heterocycles. The minimum Gasteiger partial charge on any atom is -0.494 e. The summed E-state index contributed by atoms with van der Waals surface area (Å²) in [5.74, 6) is -0.481. The van der Waals surface area contributed by atoms with Gasteiger partial charge in [-0.1, -0.05) is 0 Å². The van der Waals surface area contributed by atoms with E-state index in [0.717, 1.165) is 0 Å². The molecule has 6 heteroatoms. The Kier molecular flexibility index (Phi) is 3.52. The van der Waals surface area contributed by atoms with Gasteiger partial charge in [0.15, 0.2) is 5.83 Å². The number of methoxy groups -OCH3 is 1. The lowest BCUT2D eigenvalue weighted by atomic mass is 10.0. The quantitative estimate of drug-likeness (QED) is 0.495. The second-order valence-electron chi connectivity index (χ2n) is 2.81. The molecule has 0 aliphatic heterocycles. The summed E-state index contributed by atoms with van der Waals surface area (Å²) in [5, 5.41) is 16.8. The summed E-state index contributed by atoms with van der Waals surface area (Å²) >= 11 is 0. The van der Waals surface area contributed by atoms with Crippen LogP contribution in [0.25, 0.3) is 0 Å². The van der Waals surface area contributed by atoms with Crippen LogP contribution in [0.1, 0.15) is 6.92 Å². The molecule has 0 N–H and O–H groups in total. The van der Waals surface area contributed by atoms with Gasteiger partial charge < -0.3 is 4.74 Å². The van der Waals surface area contributed by atoms with E-state index in [1.54, 1.807) is 6.19 Å². The van der Waals surface area contributed by atoms with Crippen LogP contribution in [-0.2, 0) is 4.74 Å². The number of halogens is 1. The zero-order chi connectivity index (χ0) is 12.1. The van der Waals surface area contributed by atoms with E-state index in [1.165, 1.54) is 26.3 Å². The smallest absolute Gasteiger partial charge is 0.206 e. The van der Waals surface area contributed by atoms with Gasteiger partial charge in [-0.05, 0) is 6.92 Å². The van der Waals surface area contributed by atoms with Crippen molar-refractivity contribution in [1.82, 2.24) is 0 Å². The maximum Gasteiger partial charge on any atom is 0.206 e. The molecule has 0 fully saturated rings. The van der Waals surface area contributed by atoms with Gasteiger partial charge in [-0.3, -0.25) is 0 Å². The first kappa shape index (κ1) is 11.6. The van der Waals surface area contributed by atoms with Crippen molar-refractivity contribution in [2.24, 2.45) is 9.98 Å². The zero-order valence-electron chi connectivity index (χ0n) is 8.65. The van der Waals surface area contributed by atoms with E-state index in [1.807, 2.05) is 0 Å². The Morgan fingerprint density at radius 2 is 1.94 bits per heavy atom. The SMILES string of the molecule is COC1=CC(=NC#N)C(F)=C(C)C1=NC#N. The van der Waals surface area contributed by atoms with E-state index in [0.29, 0.717) is 0 Å². The molecule has 1 rings (SSSR count). The van der Waals surface area contributed by atoms with Crippen molar-refractivity contribution in [2.75, 3.05) is 7.11 Å². The van der Waals surface area contributed by atoms with E-state index in [9.17, 15) is 4.39 Å². The molecule has 0 atom stereocenters. The fourth-order valence-corrected chi connectivity index (χ4v) is 1.22. The Morgan fingerprint density at radius 3 is 2.44 bits per heavy atom. The molecule has 0 spiro atoms. The Balaban J connectivity index is 3.38. The molecule has 0 amide bonds. The summed E-state index contributed by atoms with van der Waals surface area (Å²) < 4.78 is 18.6. The first-order chi connectivity index (χ1) is 7.65. The molecular weight excluding hydrogens is 211 g/mol. The van der Waals surface area contributed by atoms with Crippen LogP contribution in [0.2, 0.25) is 0 Å². The molecule has 1 aliphatic carbocycles. The summed E-state index contributed by atoms with van der Waals surface area (Å²) in [5.41, 5.74) is 0.100. The number of rotatable bonds is 1. The molecule has 0 radical (unpaired) electrons. The molecule has 0 bridgehead atoms. The number of hydrogen-bond acceptors (Lipinski definition) is 5. The van der Waals surface area contributed by atoms with E-state index in [-0.39, 0.29) is 22.8 Å². The fourth-order valence-electron chi connectivity index (χ4n) is 1.22. The molecule has 0 aromatic carbocycles. The summed E-state index contributed by atoms with van der Waals surface area (Å²) in [4.78, 5) is 6.76. The number of ether oxygens (including phenoxy) is 1. The highest BCUT2D eigenvalue weighted by atomic mass is 19.1. The molecule has 0 aromatic rings. The topological polar surface area (TPSA) is 81.5 Å². The van der Waals surface area contributed by atoms with Crippen molar-refractivity contribution in [2.45, 2.75) is 6.92 Å².